The van der Waals surface area contributed by atoms with Crippen molar-refractivity contribution < 1.29 is 33.3 Å². The molecule has 2 unspecified atom stereocenters. The highest BCUT2D eigenvalue weighted by Crippen LogP contribution is 2.40. The highest BCUT2D eigenvalue weighted by atomic mass is 16.7. The molecule has 9 heteroatoms. The Labute approximate surface area is 227 Å². The van der Waals surface area contributed by atoms with Crippen molar-refractivity contribution in [3.8, 4) is 11.5 Å². The maximum atomic E-state index is 13.1. The molecule has 39 heavy (non-hydrogen) atoms. The SMILES string of the molecule is COc1ccnc(C(=O)N[C@@H](C)C(=O)OC2Cc3ccccc3C2c2ccccc2)c1OCOC(=O)C(C)C. The van der Waals surface area contributed by atoms with Crippen LogP contribution in [0, 0.1) is 5.92 Å². The highest BCUT2D eigenvalue weighted by molar-refractivity contribution is 5.98. The summed E-state index contributed by atoms with van der Waals surface area (Å²) in [7, 11) is 1.41. The number of benzene rings is 2. The van der Waals surface area contributed by atoms with Gasteiger partial charge in [-0.2, -0.15) is 0 Å². The van der Waals surface area contributed by atoms with Crippen LogP contribution in [-0.4, -0.2) is 48.9 Å². The summed E-state index contributed by atoms with van der Waals surface area (Å²) in [6.45, 7) is 4.50. The Morgan fingerprint density at radius 2 is 1.69 bits per heavy atom. The Kier molecular flexibility index (Phi) is 8.81. The van der Waals surface area contributed by atoms with E-state index in [1.165, 1.54) is 19.4 Å². The van der Waals surface area contributed by atoms with E-state index in [2.05, 4.69) is 16.4 Å². The number of nitrogens with one attached hydrogen (secondary N) is 1. The van der Waals surface area contributed by atoms with Gasteiger partial charge in [0.15, 0.2) is 17.2 Å². The summed E-state index contributed by atoms with van der Waals surface area (Å²) in [6, 6.07) is 18.5. The Hall–Kier alpha value is -4.40. The average molecular weight is 533 g/mol. The number of esters is 2. The lowest BCUT2D eigenvalue weighted by Crippen LogP contribution is -2.42. The summed E-state index contributed by atoms with van der Waals surface area (Å²) in [5.74, 6) is -1.93. The van der Waals surface area contributed by atoms with Crippen LogP contribution in [0.5, 0.6) is 11.5 Å². The van der Waals surface area contributed by atoms with Crippen LogP contribution < -0.4 is 14.8 Å². The van der Waals surface area contributed by atoms with Gasteiger partial charge in [0.05, 0.1) is 13.0 Å². The molecule has 1 N–H and O–H groups in total. The van der Waals surface area contributed by atoms with Crippen LogP contribution >= 0.6 is 0 Å². The maximum Gasteiger partial charge on any atom is 0.328 e. The van der Waals surface area contributed by atoms with Crippen LogP contribution in [0.4, 0.5) is 0 Å². The molecule has 204 valence electrons. The minimum atomic E-state index is -0.975. The molecule has 0 radical (unpaired) electrons. The zero-order valence-electron chi connectivity index (χ0n) is 22.4. The number of rotatable bonds is 10. The van der Waals surface area contributed by atoms with E-state index >= 15 is 0 Å². The van der Waals surface area contributed by atoms with Gasteiger partial charge in [-0.3, -0.25) is 9.59 Å². The Bertz CT molecular complexity index is 1330. The summed E-state index contributed by atoms with van der Waals surface area (Å²) in [4.78, 5) is 42.2. The second kappa shape index (κ2) is 12.4. The van der Waals surface area contributed by atoms with E-state index in [-0.39, 0.29) is 29.0 Å². The number of hydrogen-bond acceptors (Lipinski definition) is 8. The van der Waals surface area contributed by atoms with Crippen LogP contribution in [-0.2, 0) is 25.5 Å². The van der Waals surface area contributed by atoms with E-state index in [0.717, 1.165) is 16.7 Å². The fourth-order valence-electron chi connectivity index (χ4n) is 4.50. The quantitative estimate of drug-likeness (QED) is 0.308. The molecule has 0 aliphatic heterocycles. The predicted octanol–water partition coefficient (Wildman–Crippen LogP) is 4.04. The summed E-state index contributed by atoms with van der Waals surface area (Å²) in [5.41, 5.74) is 3.18. The lowest BCUT2D eigenvalue weighted by molar-refractivity contribution is -0.154. The third kappa shape index (κ3) is 6.37. The van der Waals surface area contributed by atoms with E-state index in [9.17, 15) is 14.4 Å². The van der Waals surface area contributed by atoms with Crippen molar-refractivity contribution in [2.24, 2.45) is 5.92 Å². The van der Waals surface area contributed by atoms with E-state index in [0.29, 0.717) is 6.42 Å². The van der Waals surface area contributed by atoms with E-state index in [1.54, 1.807) is 20.8 Å². The molecule has 1 aromatic heterocycles. The van der Waals surface area contributed by atoms with Crippen molar-refractivity contribution >= 4 is 17.8 Å². The summed E-state index contributed by atoms with van der Waals surface area (Å²) in [6.07, 6.45) is 1.54. The first-order valence-electron chi connectivity index (χ1n) is 12.8. The standard InChI is InChI=1S/C30H32N2O7/c1-18(2)29(34)38-17-37-27-23(36-4)14-15-31-26(27)28(33)32-19(3)30(35)39-24-16-21-12-8-9-13-22(21)25(24)20-10-6-5-7-11-20/h5-15,18-19,24-25H,16-17H2,1-4H3,(H,32,33)/t19-,24?,25?/m0/s1. The monoisotopic (exact) mass is 532 g/mol. The van der Waals surface area contributed by atoms with Crippen LogP contribution in [0.3, 0.4) is 0 Å². The lowest BCUT2D eigenvalue weighted by atomic mass is 9.91. The first-order chi connectivity index (χ1) is 18.8. The smallest absolute Gasteiger partial charge is 0.328 e. The molecular formula is C30H32N2O7. The largest absolute Gasteiger partial charge is 0.493 e. The van der Waals surface area contributed by atoms with E-state index < -0.39 is 36.8 Å². The fourth-order valence-corrected chi connectivity index (χ4v) is 4.50. The summed E-state index contributed by atoms with van der Waals surface area (Å²) < 4.78 is 21.9. The third-order valence-electron chi connectivity index (χ3n) is 6.49. The van der Waals surface area contributed by atoms with Crippen molar-refractivity contribution in [1.82, 2.24) is 10.3 Å². The van der Waals surface area contributed by atoms with Crippen molar-refractivity contribution in [1.29, 1.82) is 0 Å². The van der Waals surface area contributed by atoms with Crippen molar-refractivity contribution in [2.75, 3.05) is 13.9 Å². The molecule has 2 aromatic carbocycles. The number of hydrogen-bond donors (Lipinski definition) is 1. The molecule has 3 atom stereocenters. The van der Waals surface area contributed by atoms with Gasteiger partial charge >= 0.3 is 11.9 Å². The van der Waals surface area contributed by atoms with Gasteiger partial charge in [-0.25, -0.2) is 9.78 Å². The minimum absolute atomic E-state index is 0.00925. The summed E-state index contributed by atoms with van der Waals surface area (Å²) >= 11 is 0. The Morgan fingerprint density at radius 3 is 2.41 bits per heavy atom. The third-order valence-corrected chi connectivity index (χ3v) is 6.49. The maximum absolute atomic E-state index is 13.1. The van der Waals surface area contributed by atoms with Gasteiger partial charge in [0.25, 0.3) is 5.91 Å². The molecule has 0 saturated heterocycles. The summed E-state index contributed by atoms with van der Waals surface area (Å²) in [5, 5.41) is 2.64. The normalized spacial score (nSPS) is 16.6. The van der Waals surface area contributed by atoms with Crippen LogP contribution in [0.15, 0.2) is 66.9 Å². The topological polar surface area (TPSA) is 113 Å². The molecule has 3 aromatic rings. The van der Waals surface area contributed by atoms with Gasteiger partial charge in [0, 0.05) is 24.6 Å². The minimum Gasteiger partial charge on any atom is -0.493 e. The van der Waals surface area contributed by atoms with Crippen molar-refractivity contribution in [2.45, 2.75) is 45.3 Å². The molecular weight excluding hydrogens is 500 g/mol. The van der Waals surface area contributed by atoms with E-state index in [4.69, 9.17) is 18.9 Å². The molecule has 4 rings (SSSR count). The van der Waals surface area contributed by atoms with Crippen molar-refractivity contribution in [3.05, 3.63) is 89.2 Å². The van der Waals surface area contributed by atoms with Gasteiger partial charge in [-0.05, 0) is 23.6 Å². The second-order valence-corrected chi connectivity index (χ2v) is 9.53. The van der Waals surface area contributed by atoms with Crippen molar-refractivity contribution in [3.63, 3.8) is 0 Å². The number of aromatic nitrogens is 1. The highest BCUT2D eigenvalue weighted by Gasteiger charge is 2.37. The first kappa shape index (κ1) is 27.6. The van der Waals surface area contributed by atoms with Crippen LogP contribution in [0.25, 0.3) is 0 Å². The number of pyridine rings is 1. The lowest BCUT2D eigenvalue weighted by Gasteiger charge is -2.23. The fraction of sp³-hybridized carbons (Fsp3) is 0.333. The van der Waals surface area contributed by atoms with Gasteiger partial charge < -0.3 is 24.3 Å². The molecule has 0 bridgehead atoms. The second-order valence-electron chi connectivity index (χ2n) is 9.53. The zero-order chi connectivity index (χ0) is 27.9. The average Bonchev–Trinajstić information content (AvgIpc) is 3.30. The zero-order valence-corrected chi connectivity index (χ0v) is 22.4. The van der Waals surface area contributed by atoms with E-state index in [1.807, 2.05) is 48.5 Å². The number of amides is 1. The molecule has 0 fully saturated rings. The number of nitrogens with zero attached hydrogens (tertiary/aromatic N) is 1. The molecule has 1 aliphatic rings. The number of carbonyl (C=O) groups excluding carboxylic acids is 3. The number of ether oxygens (including phenoxy) is 4. The van der Waals surface area contributed by atoms with Crippen LogP contribution in [0.2, 0.25) is 0 Å². The van der Waals surface area contributed by atoms with Crippen LogP contribution in [0.1, 0.15) is 53.9 Å². The van der Waals surface area contributed by atoms with Gasteiger partial charge in [-0.15, -0.1) is 0 Å². The first-order valence-corrected chi connectivity index (χ1v) is 12.8. The Morgan fingerprint density at radius 1 is 0.974 bits per heavy atom. The molecule has 9 nitrogen and oxygen atoms in total. The van der Waals surface area contributed by atoms with Gasteiger partial charge in [0.2, 0.25) is 6.79 Å². The number of carbonyl (C=O) groups is 3. The Balaban J connectivity index is 1.45. The van der Waals surface area contributed by atoms with Gasteiger partial charge in [0.1, 0.15) is 12.1 Å². The van der Waals surface area contributed by atoms with Gasteiger partial charge in [-0.1, -0.05) is 68.4 Å². The predicted molar refractivity (Wildman–Crippen MR) is 142 cm³/mol. The molecule has 1 aliphatic carbocycles. The number of methoxy groups -OCH3 is 1. The number of fused-ring (bicyclic) bond motifs is 1. The molecule has 1 amide bonds. The molecule has 0 saturated carbocycles. The molecule has 0 spiro atoms. The molecule has 1 heterocycles.